The van der Waals surface area contributed by atoms with E-state index in [4.69, 9.17) is 36.0 Å². The quantitative estimate of drug-likeness (QED) is 0.0637. The molecule has 0 N–H and O–H groups in total. The number of methoxy groups -OCH3 is 1. The van der Waals surface area contributed by atoms with Gasteiger partial charge in [0.05, 0.1) is 45.5 Å². The lowest BCUT2D eigenvalue weighted by Gasteiger charge is -2.31. The Morgan fingerprint density at radius 3 is 0.945 bits per heavy atom. The standard InChI is InChI=1S/C40H77FO8Si6/c1-42-28-29-49-40(41,26-16-30-50(8,9)36-18-22-38(23-19-36)52(12,13)32-34-54(43-2,44-3)45-4)27-17-31-51(10,11)37-20-24-39(25-21-37)53(14,15)33-35-55(46-5,47-6)48-7/h18-25H,16-17,26-35H2,1-15H3. The van der Waals surface area contributed by atoms with Gasteiger partial charge in [0.25, 0.3) is 0 Å². The molecule has 0 amide bonds. The number of hydrogen-bond donors (Lipinski definition) is 0. The molecule has 2 rings (SSSR count). The molecule has 0 bridgehead atoms. The van der Waals surface area contributed by atoms with Crippen molar-refractivity contribution in [2.45, 2.75) is 120 Å². The second-order valence-electron chi connectivity index (χ2n) is 17.7. The van der Waals surface area contributed by atoms with E-state index in [1.807, 2.05) is 0 Å². The number of rotatable bonds is 28. The number of halogens is 1. The topological polar surface area (TPSA) is 73.8 Å². The average molecular weight is 874 g/mol. The van der Waals surface area contributed by atoms with Crippen molar-refractivity contribution in [2.24, 2.45) is 0 Å². The lowest BCUT2D eigenvalue weighted by Crippen LogP contribution is -2.49. The van der Waals surface area contributed by atoms with E-state index in [-0.39, 0.29) is 6.61 Å². The molecule has 0 spiro atoms. The number of ether oxygens (including phenoxy) is 2. The first-order valence-corrected chi connectivity index (χ1v) is 36.7. The van der Waals surface area contributed by atoms with Gasteiger partial charge in [0.15, 0.2) is 0 Å². The summed E-state index contributed by atoms with van der Waals surface area (Å²) in [5, 5.41) is 5.69. The van der Waals surface area contributed by atoms with Crippen LogP contribution in [0, 0.1) is 0 Å². The van der Waals surface area contributed by atoms with Crippen LogP contribution >= 0.6 is 0 Å². The first kappa shape index (κ1) is 50.5. The molecule has 2 aromatic rings. The molecule has 316 valence electrons. The molecular formula is C40H77FO8Si6. The summed E-state index contributed by atoms with van der Waals surface area (Å²) in [6.07, 6.45) is 2.41. The normalized spacial score (nSPS) is 13.8. The van der Waals surface area contributed by atoms with Crippen LogP contribution in [0.1, 0.15) is 25.7 Å². The van der Waals surface area contributed by atoms with E-state index >= 15 is 4.39 Å². The van der Waals surface area contributed by atoms with Crippen LogP contribution in [0.3, 0.4) is 0 Å². The maximum atomic E-state index is 16.6. The van der Waals surface area contributed by atoms with Crippen molar-refractivity contribution in [3.05, 3.63) is 48.5 Å². The fraction of sp³-hybridized carbons (Fsp3) is 0.700. The van der Waals surface area contributed by atoms with Gasteiger partial charge in [-0.25, -0.2) is 4.39 Å². The molecule has 0 unspecified atom stereocenters. The van der Waals surface area contributed by atoms with Crippen LogP contribution in [0.5, 0.6) is 0 Å². The minimum atomic E-state index is -2.61. The van der Waals surface area contributed by atoms with E-state index in [0.29, 0.717) is 19.4 Å². The fourth-order valence-electron chi connectivity index (χ4n) is 7.53. The molecule has 8 nitrogen and oxygen atoms in total. The molecule has 0 aliphatic carbocycles. The molecule has 0 heterocycles. The molecule has 15 heteroatoms. The van der Waals surface area contributed by atoms with Crippen molar-refractivity contribution in [3.8, 4) is 0 Å². The van der Waals surface area contributed by atoms with Crippen LogP contribution in [-0.2, 0) is 36.0 Å². The SMILES string of the molecule is COCCOC(F)(CCC[Si](C)(C)c1ccc([Si](C)(C)CC[Si](OC)(OC)OC)cc1)CCC[Si](C)(C)c1ccc([Si](C)(C)CC[Si](OC)(OC)OC)cc1. The summed E-state index contributed by atoms with van der Waals surface area (Å²) < 4.78 is 61.9. The monoisotopic (exact) mass is 872 g/mol. The van der Waals surface area contributed by atoms with Gasteiger partial charge < -0.3 is 36.0 Å². The zero-order valence-corrected chi connectivity index (χ0v) is 43.2. The average Bonchev–Trinajstić information content (AvgIpc) is 3.16. The molecule has 0 fully saturated rings. The highest BCUT2D eigenvalue weighted by molar-refractivity contribution is 6.92. The summed E-state index contributed by atoms with van der Waals surface area (Å²) in [7, 11) is -0.538. The Hall–Kier alpha value is -0.649. The van der Waals surface area contributed by atoms with Crippen LogP contribution < -0.4 is 20.7 Å². The Balaban J connectivity index is 2.04. The summed E-state index contributed by atoms with van der Waals surface area (Å²) >= 11 is 0. The van der Waals surface area contributed by atoms with Gasteiger partial charge in [-0.05, 0) is 24.9 Å². The van der Waals surface area contributed by atoms with Crippen LogP contribution in [0.25, 0.3) is 0 Å². The summed E-state index contributed by atoms with van der Waals surface area (Å²) in [5.74, 6) is -1.65. The lowest BCUT2D eigenvalue weighted by molar-refractivity contribution is -0.162. The molecule has 0 saturated heterocycles. The van der Waals surface area contributed by atoms with Gasteiger partial charge >= 0.3 is 17.6 Å². The van der Waals surface area contributed by atoms with Crippen molar-refractivity contribution in [1.29, 1.82) is 0 Å². The Kier molecular flexibility index (Phi) is 20.3. The van der Waals surface area contributed by atoms with Crippen molar-refractivity contribution < 1.29 is 40.4 Å². The zero-order chi connectivity index (χ0) is 41.6. The van der Waals surface area contributed by atoms with E-state index < -0.39 is 55.8 Å². The van der Waals surface area contributed by atoms with Crippen LogP contribution in [-0.4, -0.2) is 119 Å². The van der Waals surface area contributed by atoms with E-state index in [1.54, 1.807) is 49.8 Å². The predicted molar refractivity (Wildman–Crippen MR) is 244 cm³/mol. The molecule has 0 aliphatic heterocycles. The van der Waals surface area contributed by atoms with E-state index in [0.717, 1.165) is 49.1 Å². The highest BCUT2D eigenvalue weighted by Gasteiger charge is 2.42. The van der Waals surface area contributed by atoms with Crippen LogP contribution in [0.15, 0.2) is 48.5 Å². The van der Waals surface area contributed by atoms with Gasteiger partial charge in [-0.15, -0.1) is 0 Å². The maximum Gasteiger partial charge on any atom is 0.499 e. The Bertz CT molecular complexity index is 1270. The fourth-order valence-corrected chi connectivity index (χ4v) is 24.8. The molecule has 2 aromatic carbocycles. The molecule has 55 heavy (non-hydrogen) atoms. The molecule has 0 aliphatic rings. The van der Waals surface area contributed by atoms with Crippen LogP contribution in [0.2, 0.25) is 88.6 Å². The highest BCUT2D eigenvalue weighted by Crippen LogP contribution is 2.31. The van der Waals surface area contributed by atoms with Crippen molar-refractivity contribution in [3.63, 3.8) is 0 Å². The summed E-state index contributed by atoms with van der Waals surface area (Å²) in [6.45, 7) is 19.9. The maximum absolute atomic E-state index is 16.6. The minimum Gasteiger partial charge on any atom is -0.382 e. The molecule has 0 aromatic heterocycles. The van der Waals surface area contributed by atoms with Gasteiger partial charge in [-0.1, -0.05) is 134 Å². The molecular weight excluding hydrogens is 796 g/mol. The van der Waals surface area contributed by atoms with Gasteiger partial charge in [0, 0.05) is 74.7 Å². The third-order valence-corrected chi connectivity index (χ3v) is 32.5. The van der Waals surface area contributed by atoms with Crippen molar-refractivity contribution in [1.82, 2.24) is 0 Å². The van der Waals surface area contributed by atoms with Crippen LogP contribution in [0.4, 0.5) is 4.39 Å². The van der Waals surface area contributed by atoms with E-state index in [1.165, 1.54) is 20.7 Å². The van der Waals surface area contributed by atoms with Crippen molar-refractivity contribution >= 4 is 70.7 Å². The van der Waals surface area contributed by atoms with Gasteiger partial charge in [-0.2, -0.15) is 0 Å². The number of benzene rings is 2. The Morgan fingerprint density at radius 1 is 0.418 bits per heavy atom. The third-order valence-electron chi connectivity index (χ3n) is 12.2. The first-order chi connectivity index (χ1) is 25.7. The summed E-state index contributed by atoms with van der Waals surface area (Å²) in [5.41, 5.74) is 0. The smallest absolute Gasteiger partial charge is 0.382 e. The predicted octanol–water partition coefficient (Wildman–Crippen LogP) is 7.69. The minimum absolute atomic E-state index is 0.266. The summed E-state index contributed by atoms with van der Waals surface area (Å²) in [6, 6.07) is 24.4. The molecule has 0 atom stereocenters. The van der Waals surface area contributed by atoms with E-state index in [9.17, 15) is 0 Å². The third kappa shape index (κ3) is 14.8. The molecule has 0 radical (unpaired) electrons. The zero-order valence-electron chi connectivity index (χ0n) is 37.2. The summed E-state index contributed by atoms with van der Waals surface area (Å²) in [4.78, 5) is 0. The first-order valence-electron chi connectivity index (χ1n) is 20.0. The number of hydrogen-bond acceptors (Lipinski definition) is 8. The van der Waals surface area contributed by atoms with Gasteiger partial charge in [-0.3, -0.25) is 0 Å². The highest BCUT2D eigenvalue weighted by atomic mass is 28.4. The second kappa shape index (κ2) is 22.1. The molecule has 0 saturated carbocycles. The second-order valence-corrected chi connectivity index (χ2v) is 43.3. The Labute approximate surface area is 341 Å². The van der Waals surface area contributed by atoms with E-state index in [2.05, 4.69) is 101 Å². The number of alkyl halides is 1. The van der Waals surface area contributed by atoms with Crippen molar-refractivity contribution in [2.75, 3.05) is 63.0 Å². The lowest BCUT2D eigenvalue weighted by atomic mass is 10.1. The largest absolute Gasteiger partial charge is 0.499 e. The Morgan fingerprint density at radius 2 is 0.691 bits per heavy atom. The van der Waals surface area contributed by atoms with Gasteiger partial charge in [0.1, 0.15) is 0 Å². The van der Waals surface area contributed by atoms with Gasteiger partial charge in [0.2, 0.25) is 5.85 Å².